The van der Waals surface area contributed by atoms with Gasteiger partial charge in [0.15, 0.2) is 6.61 Å². The lowest BCUT2D eigenvalue weighted by molar-refractivity contribution is -0.143. The number of rotatable bonds is 8. The van der Waals surface area contributed by atoms with Crippen molar-refractivity contribution in [1.82, 2.24) is 10.3 Å². The molecule has 0 bridgehead atoms. The summed E-state index contributed by atoms with van der Waals surface area (Å²) >= 11 is 0. The van der Waals surface area contributed by atoms with E-state index in [9.17, 15) is 9.59 Å². The average molecular weight is 390 g/mol. The SMILES string of the molecule is COc1ccccc1CCNC(=O)COC(=O)/C=C/c1ccc2ccccc2n1. The van der Waals surface area contributed by atoms with Crippen molar-refractivity contribution in [3.05, 3.63) is 78.0 Å². The summed E-state index contributed by atoms with van der Waals surface area (Å²) in [6.45, 7) is 0.0911. The smallest absolute Gasteiger partial charge is 0.331 e. The Morgan fingerprint density at radius 2 is 1.83 bits per heavy atom. The Hall–Kier alpha value is -3.67. The summed E-state index contributed by atoms with van der Waals surface area (Å²) < 4.78 is 10.2. The summed E-state index contributed by atoms with van der Waals surface area (Å²) in [6, 6.07) is 19.1. The minimum Gasteiger partial charge on any atom is -0.496 e. The van der Waals surface area contributed by atoms with E-state index in [-0.39, 0.29) is 12.5 Å². The number of carbonyl (C=O) groups is 2. The van der Waals surface area contributed by atoms with Crippen molar-refractivity contribution in [1.29, 1.82) is 0 Å². The fraction of sp³-hybridized carbons (Fsp3) is 0.174. The molecule has 0 aliphatic rings. The topological polar surface area (TPSA) is 77.5 Å². The number of aromatic nitrogens is 1. The quantitative estimate of drug-likeness (QED) is 0.472. The molecule has 0 spiro atoms. The number of fused-ring (bicyclic) bond motifs is 1. The Bertz CT molecular complexity index is 1030. The second-order valence-electron chi connectivity index (χ2n) is 6.28. The first-order valence-electron chi connectivity index (χ1n) is 9.25. The normalized spacial score (nSPS) is 10.8. The molecule has 0 fully saturated rings. The number of hydrogen-bond donors (Lipinski definition) is 1. The molecule has 3 rings (SSSR count). The van der Waals surface area contributed by atoms with Gasteiger partial charge in [-0.15, -0.1) is 0 Å². The van der Waals surface area contributed by atoms with Crippen molar-refractivity contribution in [2.45, 2.75) is 6.42 Å². The lowest BCUT2D eigenvalue weighted by atomic mass is 10.1. The number of carbonyl (C=O) groups excluding carboxylic acids is 2. The van der Waals surface area contributed by atoms with Crippen LogP contribution in [0.1, 0.15) is 11.3 Å². The van der Waals surface area contributed by atoms with Crippen molar-refractivity contribution >= 4 is 28.9 Å². The number of ether oxygens (including phenoxy) is 2. The third kappa shape index (κ3) is 5.90. The molecule has 0 atom stereocenters. The molecule has 3 aromatic rings. The zero-order valence-electron chi connectivity index (χ0n) is 16.1. The first kappa shape index (κ1) is 20.1. The molecule has 148 valence electrons. The van der Waals surface area contributed by atoms with Gasteiger partial charge in [-0.1, -0.05) is 42.5 Å². The molecule has 0 aliphatic carbocycles. The van der Waals surface area contributed by atoms with Crippen LogP contribution < -0.4 is 10.1 Å². The fourth-order valence-electron chi connectivity index (χ4n) is 2.81. The van der Waals surface area contributed by atoms with Gasteiger partial charge in [0.25, 0.3) is 5.91 Å². The van der Waals surface area contributed by atoms with Crippen molar-refractivity contribution in [3.63, 3.8) is 0 Å². The van der Waals surface area contributed by atoms with Crippen molar-refractivity contribution in [2.75, 3.05) is 20.3 Å². The zero-order chi connectivity index (χ0) is 20.5. The highest BCUT2D eigenvalue weighted by Gasteiger charge is 2.06. The average Bonchev–Trinajstić information content (AvgIpc) is 2.76. The molecule has 6 heteroatoms. The second kappa shape index (κ2) is 10.0. The monoisotopic (exact) mass is 390 g/mol. The Labute approximate surface area is 169 Å². The number of para-hydroxylation sites is 2. The molecule has 6 nitrogen and oxygen atoms in total. The lowest BCUT2D eigenvalue weighted by Gasteiger charge is -2.09. The molecule has 0 saturated heterocycles. The largest absolute Gasteiger partial charge is 0.496 e. The van der Waals surface area contributed by atoms with E-state index in [1.165, 1.54) is 6.08 Å². The summed E-state index contributed by atoms with van der Waals surface area (Å²) in [4.78, 5) is 28.1. The van der Waals surface area contributed by atoms with Gasteiger partial charge in [-0.3, -0.25) is 4.79 Å². The molecule has 2 aromatic carbocycles. The van der Waals surface area contributed by atoms with Crippen molar-refractivity contribution in [3.8, 4) is 5.75 Å². The molecule has 29 heavy (non-hydrogen) atoms. The Balaban J connectivity index is 1.42. The zero-order valence-corrected chi connectivity index (χ0v) is 16.1. The third-order valence-electron chi connectivity index (χ3n) is 4.26. The van der Waals surface area contributed by atoms with Gasteiger partial charge >= 0.3 is 5.97 Å². The van der Waals surface area contributed by atoms with Crippen LogP contribution in [0.2, 0.25) is 0 Å². The summed E-state index contributed by atoms with van der Waals surface area (Å²) in [6.07, 6.45) is 3.45. The van der Waals surface area contributed by atoms with Gasteiger partial charge in [0.2, 0.25) is 0 Å². The first-order chi connectivity index (χ1) is 14.2. The summed E-state index contributed by atoms with van der Waals surface area (Å²) in [5.74, 6) is -0.175. The van der Waals surface area contributed by atoms with Gasteiger partial charge in [0, 0.05) is 18.0 Å². The van der Waals surface area contributed by atoms with Gasteiger partial charge in [-0.05, 0) is 36.3 Å². The van der Waals surface area contributed by atoms with E-state index in [0.717, 1.165) is 22.2 Å². The molecule has 1 N–H and O–H groups in total. The van der Waals surface area contributed by atoms with Gasteiger partial charge in [0.1, 0.15) is 5.75 Å². The number of pyridine rings is 1. The van der Waals surface area contributed by atoms with Gasteiger partial charge < -0.3 is 14.8 Å². The standard InChI is InChI=1S/C23H22N2O4/c1-28-21-9-5-3-7-18(21)14-15-24-22(26)16-29-23(27)13-12-19-11-10-17-6-2-4-8-20(17)25-19/h2-13H,14-16H2,1H3,(H,24,26)/b13-12+. The van der Waals surface area contributed by atoms with Crippen LogP contribution in [-0.2, 0) is 20.7 Å². The maximum atomic E-state index is 11.9. The Morgan fingerprint density at radius 3 is 2.69 bits per heavy atom. The van der Waals surface area contributed by atoms with E-state index in [2.05, 4.69) is 10.3 Å². The minimum absolute atomic E-state index is 0.333. The van der Waals surface area contributed by atoms with Crippen molar-refractivity contribution in [2.24, 2.45) is 0 Å². The number of amides is 1. The van der Waals surface area contributed by atoms with E-state index in [4.69, 9.17) is 9.47 Å². The van der Waals surface area contributed by atoms with Crippen LogP contribution in [0.4, 0.5) is 0 Å². The summed E-state index contributed by atoms with van der Waals surface area (Å²) in [5.41, 5.74) is 2.48. The van der Waals surface area contributed by atoms with Crippen LogP contribution in [0.3, 0.4) is 0 Å². The number of nitrogens with zero attached hydrogens (tertiary/aromatic N) is 1. The minimum atomic E-state index is -0.597. The summed E-state index contributed by atoms with van der Waals surface area (Å²) in [7, 11) is 1.61. The highest BCUT2D eigenvalue weighted by molar-refractivity contribution is 5.89. The van der Waals surface area contributed by atoms with E-state index in [1.54, 1.807) is 13.2 Å². The summed E-state index contributed by atoms with van der Waals surface area (Å²) in [5, 5.41) is 3.75. The second-order valence-corrected chi connectivity index (χ2v) is 6.28. The highest BCUT2D eigenvalue weighted by Crippen LogP contribution is 2.17. The predicted octanol–water partition coefficient (Wildman–Crippen LogP) is 3.16. The first-order valence-corrected chi connectivity index (χ1v) is 9.25. The number of esters is 1. The number of methoxy groups -OCH3 is 1. The molecular weight excluding hydrogens is 368 g/mol. The molecule has 1 heterocycles. The molecule has 1 aromatic heterocycles. The molecule has 0 radical (unpaired) electrons. The van der Waals surface area contributed by atoms with Gasteiger partial charge in [-0.2, -0.15) is 0 Å². The van der Waals surface area contributed by atoms with Gasteiger partial charge in [0.05, 0.1) is 18.3 Å². The van der Waals surface area contributed by atoms with E-state index < -0.39 is 5.97 Å². The van der Waals surface area contributed by atoms with E-state index in [0.29, 0.717) is 18.7 Å². The molecule has 0 saturated carbocycles. The maximum absolute atomic E-state index is 11.9. The number of benzene rings is 2. The Morgan fingerprint density at radius 1 is 1.03 bits per heavy atom. The number of hydrogen-bond acceptors (Lipinski definition) is 5. The van der Waals surface area contributed by atoms with Crippen molar-refractivity contribution < 1.29 is 19.1 Å². The van der Waals surface area contributed by atoms with Crippen LogP contribution in [-0.4, -0.2) is 37.1 Å². The van der Waals surface area contributed by atoms with Crippen LogP contribution in [0.15, 0.2) is 66.7 Å². The van der Waals surface area contributed by atoms with Crippen LogP contribution >= 0.6 is 0 Å². The lowest BCUT2D eigenvalue weighted by Crippen LogP contribution is -2.30. The molecule has 1 amide bonds. The fourth-order valence-corrected chi connectivity index (χ4v) is 2.81. The predicted molar refractivity (Wildman–Crippen MR) is 111 cm³/mol. The van der Waals surface area contributed by atoms with Crippen LogP contribution in [0.5, 0.6) is 5.75 Å². The maximum Gasteiger partial charge on any atom is 0.331 e. The Kier molecular flexibility index (Phi) is 6.95. The van der Waals surface area contributed by atoms with Crippen LogP contribution in [0, 0.1) is 0 Å². The van der Waals surface area contributed by atoms with E-state index >= 15 is 0 Å². The molecule has 0 unspecified atom stereocenters. The van der Waals surface area contributed by atoms with E-state index in [1.807, 2.05) is 60.7 Å². The highest BCUT2D eigenvalue weighted by atomic mass is 16.5. The van der Waals surface area contributed by atoms with Gasteiger partial charge in [-0.25, -0.2) is 9.78 Å². The van der Waals surface area contributed by atoms with Crippen LogP contribution in [0.25, 0.3) is 17.0 Å². The molecular formula is C23H22N2O4. The third-order valence-corrected chi connectivity index (χ3v) is 4.26. The molecule has 0 aliphatic heterocycles. The number of nitrogens with one attached hydrogen (secondary N) is 1.